The van der Waals surface area contributed by atoms with Gasteiger partial charge in [-0.3, -0.25) is 9.78 Å². The lowest BCUT2D eigenvalue weighted by molar-refractivity contribution is -0.127. The van der Waals surface area contributed by atoms with Gasteiger partial charge >= 0.3 is 12.2 Å². The van der Waals surface area contributed by atoms with Gasteiger partial charge in [0, 0.05) is 17.8 Å². The zero-order valence-electron chi connectivity index (χ0n) is 24.4. The molecule has 0 saturated heterocycles. The minimum absolute atomic E-state index is 0.0444. The molecule has 0 aliphatic rings. The normalized spacial score (nSPS) is 14.1. The van der Waals surface area contributed by atoms with E-state index in [0.29, 0.717) is 6.42 Å². The van der Waals surface area contributed by atoms with Crippen LogP contribution in [0.25, 0.3) is 11.3 Å². The first-order valence-corrected chi connectivity index (χ1v) is 13.8. The predicted octanol–water partition coefficient (Wildman–Crippen LogP) is 4.18. The first kappa shape index (κ1) is 32.1. The summed E-state index contributed by atoms with van der Waals surface area (Å²) in [7, 11) is 1.22. The van der Waals surface area contributed by atoms with Gasteiger partial charge < -0.3 is 30.9 Å². The lowest BCUT2D eigenvalue weighted by Crippen LogP contribution is -2.58. The number of methoxy groups -OCH3 is 1. The molecule has 3 amide bonds. The van der Waals surface area contributed by atoms with Gasteiger partial charge in [0.2, 0.25) is 5.91 Å². The third-order valence-electron chi connectivity index (χ3n) is 6.92. The second-order valence-corrected chi connectivity index (χ2v) is 11.3. The smallest absolute Gasteiger partial charge is 0.407 e. The van der Waals surface area contributed by atoms with E-state index in [4.69, 9.17) is 4.74 Å². The van der Waals surface area contributed by atoms with Gasteiger partial charge in [-0.15, -0.1) is 0 Å². The van der Waals surface area contributed by atoms with Crippen LogP contribution in [0.15, 0.2) is 79.0 Å². The van der Waals surface area contributed by atoms with Gasteiger partial charge in [-0.2, -0.15) is 0 Å². The standard InChI is InChI=1S/C32H40N4O6/c1-32(2,3)28(36-31(41)42-4)29(38)35-26(19-22-13-15-23(16-14-22)25-12-8-9-17-33-25)27(37)20-24(34-30(39)40)18-21-10-6-5-7-11-21/h5-17,24,26-28,34,37H,18-20H2,1-4H3,(H,35,38)(H,36,41)(H,39,40)/t24-,26-,27-,28+/m0/s1. The number of ether oxygens (including phenoxy) is 1. The lowest BCUT2D eigenvalue weighted by Gasteiger charge is -2.33. The number of nitrogens with zero attached hydrogens (tertiary/aromatic N) is 1. The number of rotatable bonds is 12. The Kier molecular flexibility index (Phi) is 11.4. The summed E-state index contributed by atoms with van der Waals surface area (Å²) in [4.78, 5) is 41.5. The van der Waals surface area contributed by atoms with Crippen molar-refractivity contribution in [1.82, 2.24) is 20.9 Å². The number of benzene rings is 2. The quantitative estimate of drug-likeness (QED) is 0.217. The van der Waals surface area contributed by atoms with Gasteiger partial charge in [0.25, 0.3) is 0 Å². The highest BCUT2D eigenvalue weighted by Gasteiger charge is 2.36. The number of carbonyl (C=O) groups excluding carboxylic acids is 2. The summed E-state index contributed by atoms with van der Waals surface area (Å²) in [6.45, 7) is 5.42. The molecule has 0 bridgehead atoms. The van der Waals surface area contributed by atoms with Crippen molar-refractivity contribution in [3.8, 4) is 11.3 Å². The molecular weight excluding hydrogens is 536 g/mol. The van der Waals surface area contributed by atoms with Crippen LogP contribution in [0.5, 0.6) is 0 Å². The fourth-order valence-corrected chi connectivity index (χ4v) is 4.72. The van der Waals surface area contributed by atoms with E-state index in [1.165, 1.54) is 7.11 Å². The zero-order valence-corrected chi connectivity index (χ0v) is 24.4. The Morgan fingerprint density at radius 2 is 1.50 bits per heavy atom. The van der Waals surface area contributed by atoms with Crippen molar-refractivity contribution >= 4 is 18.1 Å². The molecule has 0 aliphatic heterocycles. The summed E-state index contributed by atoms with van der Waals surface area (Å²) in [6, 6.07) is 20.3. The highest BCUT2D eigenvalue weighted by molar-refractivity contribution is 5.86. The summed E-state index contributed by atoms with van der Waals surface area (Å²) >= 11 is 0. The molecule has 1 heterocycles. The maximum atomic E-state index is 13.5. The minimum Gasteiger partial charge on any atom is -0.465 e. The van der Waals surface area contributed by atoms with Crippen molar-refractivity contribution in [2.75, 3.05) is 7.11 Å². The highest BCUT2D eigenvalue weighted by Crippen LogP contribution is 2.22. The van der Waals surface area contributed by atoms with Crippen LogP contribution in [0, 0.1) is 5.41 Å². The van der Waals surface area contributed by atoms with Crippen LogP contribution in [0.4, 0.5) is 9.59 Å². The predicted molar refractivity (Wildman–Crippen MR) is 160 cm³/mol. The molecule has 10 nitrogen and oxygen atoms in total. The van der Waals surface area contributed by atoms with E-state index in [9.17, 15) is 24.6 Å². The third kappa shape index (κ3) is 9.88. The van der Waals surface area contributed by atoms with Crippen molar-refractivity contribution in [3.05, 3.63) is 90.1 Å². The molecule has 4 atom stereocenters. The summed E-state index contributed by atoms with van der Waals surface area (Å²) in [5.74, 6) is -0.493. The summed E-state index contributed by atoms with van der Waals surface area (Å²) < 4.78 is 4.72. The SMILES string of the molecule is COC(=O)N[C@H](C(=O)N[C@@H](Cc1ccc(-c2ccccn2)cc1)[C@@H](O)C[C@H](Cc1ccccc1)NC(=O)O)C(C)(C)C. The number of amides is 3. The summed E-state index contributed by atoms with van der Waals surface area (Å²) in [6.07, 6.45) is -0.694. The summed E-state index contributed by atoms with van der Waals surface area (Å²) in [5.41, 5.74) is 2.82. The topological polar surface area (TPSA) is 150 Å². The molecule has 0 spiro atoms. The number of carboxylic acid groups (broad SMARTS) is 1. The molecule has 3 aromatic rings. The fraction of sp³-hybridized carbons (Fsp3) is 0.375. The number of hydrogen-bond donors (Lipinski definition) is 5. The minimum atomic E-state index is -1.20. The molecule has 224 valence electrons. The van der Waals surface area contributed by atoms with Crippen LogP contribution in [-0.2, 0) is 22.4 Å². The van der Waals surface area contributed by atoms with Gasteiger partial charge in [0.15, 0.2) is 0 Å². The molecule has 42 heavy (non-hydrogen) atoms. The van der Waals surface area contributed by atoms with E-state index < -0.39 is 47.7 Å². The molecule has 10 heteroatoms. The van der Waals surface area contributed by atoms with E-state index in [1.807, 2.05) is 93.6 Å². The molecular formula is C32H40N4O6. The second kappa shape index (κ2) is 15.0. The van der Waals surface area contributed by atoms with E-state index in [1.54, 1.807) is 6.20 Å². The van der Waals surface area contributed by atoms with Gasteiger partial charge in [0.1, 0.15) is 6.04 Å². The van der Waals surface area contributed by atoms with E-state index >= 15 is 0 Å². The van der Waals surface area contributed by atoms with Crippen LogP contribution < -0.4 is 16.0 Å². The van der Waals surface area contributed by atoms with Crippen LogP contribution >= 0.6 is 0 Å². The highest BCUT2D eigenvalue weighted by atomic mass is 16.5. The average molecular weight is 577 g/mol. The Morgan fingerprint density at radius 3 is 2.07 bits per heavy atom. The van der Waals surface area contributed by atoms with Gasteiger partial charge in [-0.25, -0.2) is 9.59 Å². The average Bonchev–Trinajstić information content (AvgIpc) is 2.95. The number of alkyl carbamates (subject to hydrolysis) is 1. The Bertz CT molecular complexity index is 1300. The van der Waals surface area contributed by atoms with Crippen molar-refractivity contribution in [3.63, 3.8) is 0 Å². The number of carbonyl (C=O) groups is 3. The largest absolute Gasteiger partial charge is 0.465 e. The maximum absolute atomic E-state index is 13.5. The van der Waals surface area contributed by atoms with Gasteiger partial charge in [0.05, 0.1) is 24.9 Å². The molecule has 5 N–H and O–H groups in total. The van der Waals surface area contributed by atoms with Crippen LogP contribution in [-0.4, -0.2) is 64.6 Å². The number of pyridine rings is 1. The number of hydrogen-bond acceptors (Lipinski definition) is 6. The zero-order chi connectivity index (χ0) is 30.7. The number of aliphatic hydroxyl groups is 1. The maximum Gasteiger partial charge on any atom is 0.407 e. The second-order valence-electron chi connectivity index (χ2n) is 11.3. The molecule has 3 rings (SSSR count). The van der Waals surface area contributed by atoms with Crippen molar-refractivity contribution < 1.29 is 29.3 Å². The fourth-order valence-electron chi connectivity index (χ4n) is 4.72. The van der Waals surface area contributed by atoms with Crippen LogP contribution in [0.3, 0.4) is 0 Å². The molecule has 0 radical (unpaired) electrons. The lowest BCUT2D eigenvalue weighted by atomic mass is 9.85. The Labute approximate surface area is 246 Å². The Balaban J connectivity index is 1.86. The monoisotopic (exact) mass is 576 g/mol. The van der Waals surface area contributed by atoms with E-state index in [0.717, 1.165) is 22.4 Å². The first-order chi connectivity index (χ1) is 20.0. The Hall–Kier alpha value is -4.44. The van der Waals surface area contributed by atoms with Crippen LogP contribution in [0.1, 0.15) is 38.3 Å². The number of nitrogens with one attached hydrogen (secondary N) is 3. The van der Waals surface area contributed by atoms with Crippen molar-refractivity contribution in [1.29, 1.82) is 0 Å². The van der Waals surface area contributed by atoms with Crippen molar-refractivity contribution in [2.24, 2.45) is 5.41 Å². The van der Waals surface area contributed by atoms with E-state index in [-0.39, 0.29) is 12.8 Å². The number of aromatic nitrogens is 1. The molecule has 1 aromatic heterocycles. The third-order valence-corrected chi connectivity index (χ3v) is 6.92. The Morgan fingerprint density at radius 1 is 0.857 bits per heavy atom. The van der Waals surface area contributed by atoms with Gasteiger partial charge in [-0.1, -0.05) is 81.4 Å². The van der Waals surface area contributed by atoms with Gasteiger partial charge in [-0.05, 0) is 47.9 Å². The molecule has 0 saturated carbocycles. The molecule has 0 fully saturated rings. The molecule has 0 aliphatic carbocycles. The number of aliphatic hydroxyl groups excluding tert-OH is 1. The molecule has 2 aromatic carbocycles. The molecule has 0 unspecified atom stereocenters. The van der Waals surface area contributed by atoms with E-state index in [2.05, 4.69) is 20.9 Å². The summed E-state index contributed by atoms with van der Waals surface area (Å²) in [5, 5.41) is 28.9. The first-order valence-electron chi connectivity index (χ1n) is 13.8. The van der Waals surface area contributed by atoms with Crippen molar-refractivity contribution in [2.45, 2.75) is 64.3 Å². The van der Waals surface area contributed by atoms with Crippen LogP contribution in [0.2, 0.25) is 0 Å².